The summed E-state index contributed by atoms with van der Waals surface area (Å²) in [6, 6.07) is 0. The van der Waals surface area contributed by atoms with Gasteiger partial charge >= 0.3 is 109 Å². The van der Waals surface area contributed by atoms with Crippen LogP contribution in [0, 0.1) is 0 Å². The number of ether oxygens (including phenoxy) is 1. The molecule has 1 rings (SSSR count). The molecule has 19 heavy (non-hydrogen) atoms. The second-order valence-electron chi connectivity index (χ2n) is 2.78. The number of esters is 1. The molecule has 10 nitrogen and oxygen atoms in total. The van der Waals surface area contributed by atoms with Crippen LogP contribution in [0.5, 0.6) is 0 Å². The molecule has 0 saturated carbocycles. The first kappa shape index (κ1) is 26.0. The summed E-state index contributed by atoms with van der Waals surface area (Å²) in [6.07, 6.45) is -2.78. The summed E-state index contributed by atoms with van der Waals surface area (Å²) < 4.78 is 13.0. The Labute approximate surface area is 192 Å². The van der Waals surface area contributed by atoms with E-state index in [9.17, 15) is 4.79 Å². The minimum absolute atomic E-state index is 0. The molecule has 1 heterocycles. The summed E-state index contributed by atoms with van der Waals surface area (Å²) in [6.45, 7) is -0.671. The van der Waals surface area contributed by atoms with E-state index in [1.165, 1.54) is 0 Å². The summed E-state index contributed by atoms with van der Waals surface area (Å²) in [5.74, 6) is -2.78. The van der Waals surface area contributed by atoms with Crippen molar-refractivity contribution in [3.8, 4) is 0 Å². The van der Waals surface area contributed by atoms with Gasteiger partial charge in [-0.1, -0.05) is 0 Å². The topological polar surface area (TPSA) is 191 Å². The standard InChI is InChI=1S/C6H8O6.2K.H3O4P/c7-1-2(8)5-3(9)4(10)6(11)12-5;;;1-5(2,3)4/h2,5,7-10H,1H2;;;(H3,1,2,3,4)/q;2*+1;/p-2/t2-,5+;;;/m0.../s1. The van der Waals surface area contributed by atoms with Crippen LogP contribution in [0.25, 0.3) is 0 Å². The predicted octanol–water partition coefficient (Wildman–Crippen LogP) is -9.59. The molecule has 1 aliphatic rings. The van der Waals surface area contributed by atoms with Gasteiger partial charge in [-0.05, 0) is 0 Å². The van der Waals surface area contributed by atoms with E-state index in [-0.39, 0.29) is 103 Å². The molecule has 1 aliphatic heterocycles. The normalized spacial score (nSPS) is 19.4. The summed E-state index contributed by atoms with van der Waals surface area (Å²) in [5, 5.41) is 35.0. The van der Waals surface area contributed by atoms with Gasteiger partial charge in [-0.3, -0.25) is 0 Å². The first-order valence-corrected chi connectivity index (χ1v) is 5.44. The van der Waals surface area contributed by atoms with Gasteiger partial charge in [0, 0.05) is 0 Å². The van der Waals surface area contributed by atoms with E-state index in [1.54, 1.807) is 0 Å². The molecule has 0 aromatic heterocycles. The predicted molar refractivity (Wildman–Crippen MR) is 45.1 cm³/mol. The fourth-order valence-electron chi connectivity index (χ4n) is 0.823. The molecule has 5 N–H and O–H groups in total. The number of hydrogen-bond donors (Lipinski definition) is 5. The van der Waals surface area contributed by atoms with Crippen molar-refractivity contribution in [3.05, 3.63) is 11.5 Å². The minimum atomic E-state index is -5.14. The molecule has 0 aromatic carbocycles. The van der Waals surface area contributed by atoms with Gasteiger partial charge < -0.3 is 44.4 Å². The van der Waals surface area contributed by atoms with Gasteiger partial charge in [0.25, 0.3) is 0 Å². The Morgan fingerprint density at radius 2 is 1.68 bits per heavy atom. The summed E-state index contributed by atoms with van der Waals surface area (Å²) in [5.41, 5.74) is 0. The Kier molecular flexibility index (Phi) is 16.0. The summed E-state index contributed by atoms with van der Waals surface area (Å²) in [4.78, 5) is 34.8. The van der Waals surface area contributed by atoms with E-state index in [2.05, 4.69) is 4.74 Å². The van der Waals surface area contributed by atoms with E-state index >= 15 is 0 Å². The molecule has 0 aliphatic carbocycles. The zero-order chi connectivity index (χ0) is 13.8. The van der Waals surface area contributed by atoms with Gasteiger partial charge in [-0.25, -0.2) is 4.79 Å². The molecule has 0 unspecified atom stereocenters. The van der Waals surface area contributed by atoms with Crippen molar-refractivity contribution in [2.75, 3.05) is 6.61 Å². The number of aliphatic hydroxyl groups is 4. The molecular weight excluding hydrogens is 341 g/mol. The van der Waals surface area contributed by atoms with Crippen LogP contribution in [-0.2, 0) is 14.1 Å². The van der Waals surface area contributed by atoms with Crippen molar-refractivity contribution in [3.63, 3.8) is 0 Å². The number of phosphoric acid groups is 1. The molecule has 13 heteroatoms. The maximum absolute atomic E-state index is 10.5. The Morgan fingerprint density at radius 1 is 1.32 bits per heavy atom. The second kappa shape index (κ2) is 11.7. The Balaban J connectivity index is -0.000000320. The smallest absolute Gasteiger partial charge is 0.790 e. The van der Waals surface area contributed by atoms with Crippen LogP contribution in [0.1, 0.15) is 0 Å². The second-order valence-corrected chi connectivity index (χ2v) is 3.72. The zero-order valence-electron chi connectivity index (χ0n) is 10.1. The van der Waals surface area contributed by atoms with Crippen molar-refractivity contribution < 1.29 is 152 Å². The molecule has 0 fully saturated rings. The third-order valence-electron chi connectivity index (χ3n) is 1.48. The van der Waals surface area contributed by atoms with Crippen LogP contribution in [-0.4, -0.2) is 50.1 Å². The molecule has 0 aromatic rings. The molecule has 0 radical (unpaired) electrons. The first-order valence-electron chi connectivity index (χ1n) is 3.94. The third kappa shape index (κ3) is 11.3. The van der Waals surface area contributed by atoms with Crippen molar-refractivity contribution in [2.24, 2.45) is 0 Å². The van der Waals surface area contributed by atoms with Crippen molar-refractivity contribution in [1.29, 1.82) is 0 Å². The Morgan fingerprint density at radius 3 is 1.89 bits per heavy atom. The minimum Gasteiger partial charge on any atom is -0.790 e. The summed E-state index contributed by atoms with van der Waals surface area (Å²) in [7, 11) is -5.14. The molecule has 2 atom stereocenters. The molecule has 0 spiro atoms. The van der Waals surface area contributed by atoms with Crippen LogP contribution in [0.4, 0.5) is 0 Å². The number of aliphatic hydroxyl groups excluding tert-OH is 4. The number of hydrogen-bond acceptors (Lipinski definition) is 9. The number of carbonyl (C=O) groups excluding carboxylic acids is 1. The van der Waals surface area contributed by atoms with Gasteiger partial charge in [0.05, 0.1) is 14.4 Å². The number of carbonyl (C=O) groups is 1. The molecule has 0 saturated heterocycles. The van der Waals surface area contributed by atoms with E-state index in [0.717, 1.165) is 0 Å². The maximum atomic E-state index is 10.5. The molecular formula is C6H9K2O10P. The average Bonchev–Trinajstić information content (AvgIpc) is 2.42. The quantitative estimate of drug-likeness (QED) is 0.181. The zero-order valence-corrected chi connectivity index (χ0v) is 17.2. The van der Waals surface area contributed by atoms with Crippen LogP contribution in [0.2, 0.25) is 0 Å². The van der Waals surface area contributed by atoms with Crippen LogP contribution in [0.3, 0.4) is 0 Å². The van der Waals surface area contributed by atoms with Crippen molar-refractivity contribution in [2.45, 2.75) is 12.2 Å². The fraction of sp³-hybridized carbons (Fsp3) is 0.500. The third-order valence-corrected chi connectivity index (χ3v) is 1.48. The van der Waals surface area contributed by atoms with Gasteiger partial charge in [0.15, 0.2) is 11.9 Å². The van der Waals surface area contributed by atoms with Crippen LogP contribution in [0.15, 0.2) is 11.5 Å². The largest absolute Gasteiger partial charge is 1.00 e. The van der Waals surface area contributed by atoms with Gasteiger partial charge in [0.2, 0.25) is 5.76 Å². The summed E-state index contributed by atoms with van der Waals surface area (Å²) >= 11 is 0. The fourth-order valence-corrected chi connectivity index (χ4v) is 0.823. The Bertz CT molecular complexity index is 357. The van der Waals surface area contributed by atoms with E-state index in [1.807, 2.05) is 0 Å². The number of cyclic esters (lactones) is 1. The molecule has 100 valence electrons. The monoisotopic (exact) mass is 350 g/mol. The van der Waals surface area contributed by atoms with E-state index < -0.39 is 44.1 Å². The van der Waals surface area contributed by atoms with Crippen molar-refractivity contribution in [1.82, 2.24) is 0 Å². The van der Waals surface area contributed by atoms with Crippen molar-refractivity contribution >= 4 is 13.8 Å². The van der Waals surface area contributed by atoms with E-state index in [0.29, 0.717) is 0 Å². The van der Waals surface area contributed by atoms with Gasteiger partial charge in [-0.15, -0.1) is 0 Å². The molecule has 0 amide bonds. The van der Waals surface area contributed by atoms with Gasteiger partial charge in [-0.2, -0.15) is 0 Å². The maximum Gasteiger partial charge on any atom is 1.00 e. The Hall–Kier alpha value is 2.11. The molecule has 0 bridgehead atoms. The average molecular weight is 350 g/mol. The SMILES string of the molecule is O=C1O[C@H]([C@@H](O)CO)C(O)=C1O.O=P([O-])([O-])O.[K+].[K+]. The van der Waals surface area contributed by atoms with Crippen LogP contribution >= 0.6 is 7.82 Å². The van der Waals surface area contributed by atoms with Crippen LogP contribution < -0.4 is 113 Å². The first-order chi connectivity index (χ1) is 7.57. The van der Waals surface area contributed by atoms with E-state index in [4.69, 9.17) is 39.7 Å². The van der Waals surface area contributed by atoms with Gasteiger partial charge in [0.1, 0.15) is 6.10 Å². The number of rotatable bonds is 2.